The summed E-state index contributed by atoms with van der Waals surface area (Å²) in [5.41, 5.74) is 1.25. The molecule has 0 amide bonds. The number of rotatable bonds is 8. The van der Waals surface area contributed by atoms with E-state index in [0.717, 1.165) is 19.6 Å². The number of hydrogen-bond acceptors (Lipinski definition) is 3. The van der Waals surface area contributed by atoms with Gasteiger partial charge in [0.1, 0.15) is 0 Å². The summed E-state index contributed by atoms with van der Waals surface area (Å²) in [7, 11) is 2.02. The highest BCUT2D eigenvalue weighted by atomic mass is 16.5. The summed E-state index contributed by atoms with van der Waals surface area (Å²) in [6.07, 6.45) is 5.88. The van der Waals surface area contributed by atoms with Gasteiger partial charge in [-0.2, -0.15) is 5.10 Å². The molecule has 0 saturated heterocycles. The molecule has 1 fully saturated rings. The van der Waals surface area contributed by atoms with E-state index in [-0.39, 0.29) is 12.1 Å². The molecule has 2 unspecified atom stereocenters. The fraction of sp³-hybridized carbons (Fsp3) is 0.786. The minimum absolute atomic E-state index is 0.256. The first kappa shape index (κ1) is 13.6. The third-order valence-corrected chi connectivity index (χ3v) is 3.59. The molecule has 1 N–H and O–H groups in total. The SMILES string of the molecule is CCCn1nccc1C(NC)C(OCC)C1CC1. The van der Waals surface area contributed by atoms with Crippen molar-refractivity contribution in [3.63, 3.8) is 0 Å². The van der Waals surface area contributed by atoms with Crippen LogP contribution in [-0.2, 0) is 11.3 Å². The number of aromatic nitrogens is 2. The van der Waals surface area contributed by atoms with E-state index < -0.39 is 0 Å². The van der Waals surface area contributed by atoms with Gasteiger partial charge in [-0.15, -0.1) is 0 Å². The molecule has 0 radical (unpaired) electrons. The van der Waals surface area contributed by atoms with E-state index in [9.17, 15) is 0 Å². The average Bonchev–Trinajstić information content (AvgIpc) is 3.12. The van der Waals surface area contributed by atoms with E-state index in [1.54, 1.807) is 0 Å². The lowest BCUT2D eigenvalue weighted by atomic mass is 10.0. The van der Waals surface area contributed by atoms with Gasteiger partial charge in [-0.3, -0.25) is 4.68 Å². The zero-order valence-electron chi connectivity index (χ0n) is 11.7. The third-order valence-electron chi connectivity index (χ3n) is 3.59. The Morgan fingerprint density at radius 3 is 2.83 bits per heavy atom. The number of aryl methyl sites for hydroxylation is 1. The van der Waals surface area contributed by atoms with Crippen LogP contribution in [-0.4, -0.2) is 29.5 Å². The summed E-state index contributed by atoms with van der Waals surface area (Å²) < 4.78 is 8.08. The van der Waals surface area contributed by atoms with Crippen molar-refractivity contribution in [2.75, 3.05) is 13.7 Å². The molecule has 2 atom stereocenters. The molecule has 0 bridgehead atoms. The molecule has 1 saturated carbocycles. The summed E-state index contributed by atoms with van der Waals surface area (Å²) >= 11 is 0. The van der Waals surface area contributed by atoms with Gasteiger partial charge in [0.05, 0.1) is 17.8 Å². The van der Waals surface area contributed by atoms with Crippen LogP contribution in [0.3, 0.4) is 0 Å². The van der Waals surface area contributed by atoms with Crippen molar-refractivity contribution in [3.05, 3.63) is 18.0 Å². The second kappa shape index (κ2) is 6.34. The van der Waals surface area contributed by atoms with E-state index in [1.807, 2.05) is 13.2 Å². The smallest absolute Gasteiger partial charge is 0.0812 e. The summed E-state index contributed by atoms with van der Waals surface area (Å²) in [4.78, 5) is 0. The molecule has 2 rings (SSSR count). The lowest BCUT2D eigenvalue weighted by molar-refractivity contribution is 0.0183. The van der Waals surface area contributed by atoms with Crippen molar-refractivity contribution in [3.8, 4) is 0 Å². The van der Waals surface area contributed by atoms with Crippen molar-refractivity contribution in [2.24, 2.45) is 5.92 Å². The van der Waals surface area contributed by atoms with Crippen molar-refractivity contribution < 1.29 is 4.74 Å². The van der Waals surface area contributed by atoms with Crippen LogP contribution in [0.15, 0.2) is 12.3 Å². The van der Waals surface area contributed by atoms with Gasteiger partial charge in [0.2, 0.25) is 0 Å². The topological polar surface area (TPSA) is 39.1 Å². The Bertz CT molecular complexity index is 360. The molecular formula is C14H25N3O. The molecule has 1 heterocycles. The summed E-state index contributed by atoms with van der Waals surface area (Å²) in [5.74, 6) is 0.715. The fourth-order valence-corrected chi connectivity index (χ4v) is 2.61. The fourth-order valence-electron chi connectivity index (χ4n) is 2.61. The highest BCUT2D eigenvalue weighted by molar-refractivity contribution is 5.11. The first-order valence-corrected chi connectivity index (χ1v) is 7.12. The maximum absolute atomic E-state index is 5.97. The molecule has 1 aliphatic carbocycles. The second-order valence-electron chi connectivity index (χ2n) is 5.00. The Morgan fingerprint density at radius 1 is 1.50 bits per heavy atom. The third kappa shape index (κ3) is 2.93. The van der Waals surface area contributed by atoms with Gasteiger partial charge in [-0.25, -0.2) is 0 Å². The molecule has 1 aliphatic rings. The normalized spacial score (nSPS) is 18.8. The maximum atomic E-state index is 5.97. The number of likely N-dealkylation sites (N-methyl/N-ethyl adjacent to an activating group) is 1. The predicted molar refractivity (Wildman–Crippen MR) is 72.5 cm³/mol. The lowest BCUT2D eigenvalue weighted by Gasteiger charge is -2.27. The van der Waals surface area contributed by atoms with Gasteiger partial charge >= 0.3 is 0 Å². The summed E-state index contributed by atoms with van der Waals surface area (Å²) in [5, 5.41) is 7.84. The minimum atomic E-state index is 0.256. The molecule has 102 valence electrons. The van der Waals surface area contributed by atoms with Crippen molar-refractivity contribution in [1.29, 1.82) is 0 Å². The monoisotopic (exact) mass is 251 g/mol. The average molecular weight is 251 g/mol. The molecule has 4 heteroatoms. The van der Waals surface area contributed by atoms with Crippen LogP contribution in [0.25, 0.3) is 0 Å². The molecular weight excluding hydrogens is 226 g/mol. The standard InChI is InChI=1S/C14H25N3O/c1-4-10-17-12(8-9-16-17)13(15-3)14(18-5-2)11-6-7-11/h8-9,11,13-15H,4-7,10H2,1-3H3. The van der Waals surface area contributed by atoms with Gasteiger partial charge in [0.25, 0.3) is 0 Å². The Morgan fingerprint density at radius 2 is 2.28 bits per heavy atom. The molecule has 4 nitrogen and oxygen atoms in total. The maximum Gasteiger partial charge on any atom is 0.0812 e. The van der Waals surface area contributed by atoms with Crippen LogP contribution in [0.5, 0.6) is 0 Å². The second-order valence-corrected chi connectivity index (χ2v) is 5.00. The predicted octanol–water partition coefficient (Wildman–Crippen LogP) is 2.37. The van der Waals surface area contributed by atoms with Gasteiger partial charge in [0.15, 0.2) is 0 Å². The van der Waals surface area contributed by atoms with Gasteiger partial charge < -0.3 is 10.1 Å². The molecule has 1 aromatic rings. The van der Waals surface area contributed by atoms with E-state index >= 15 is 0 Å². The van der Waals surface area contributed by atoms with Gasteiger partial charge in [0, 0.05) is 19.3 Å². The zero-order valence-corrected chi connectivity index (χ0v) is 11.7. The quantitative estimate of drug-likeness (QED) is 0.771. The van der Waals surface area contributed by atoms with E-state index in [2.05, 4.69) is 35.0 Å². The molecule has 1 aromatic heterocycles. The van der Waals surface area contributed by atoms with Crippen LogP contribution in [0, 0.1) is 5.92 Å². The van der Waals surface area contributed by atoms with E-state index in [0.29, 0.717) is 5.92 Å². The molecule has 18 heavy (non-hydrogen) atoms. The zero-order chi connectivity index (χ0) is 13.0. The Kier molecular flexibility index (Phi) is 4.78. The van der Waals surface area contributed by atoms with Crippen LogP contribution in [0.2, 0.25) is 0 Å². The Balaban J connectivity index is 2.16. The minimum Gasteiger partial charge on any atom is -0.376 e. The van der Waals surface area contributed by atoms with Crippen molar-refractivity contribution in [2.45, 2.75) is 51.8 Å². The molecule has 0 aromatic carbocycles. The Hall–Kier alpha value is -0.870. The van der Waals surface area contributed by atoms with Crippen LogP contribution in [0.1, 0.15) is 44.8 Å². The highest BCUT2D eigenvalue weighted by Crippen LogP contribution is 2.39. The molecule has 0 aliphatic heterocycles. The first-order valence-electron chi connectivity index (χ1n) is 7.12. The van der Waals surface area contributed by atoms with E-state index in [1.165, 1.54) is 18.5 Å². The Labute approximate surface area is 110 Å². The van der Waals surface area contributed by atoms with Crippen LogP contribution >= 0.6 is 0 Å². The van der Waals surface area contributed by atoms with Gasteiger partial charge in [-0.05, 0) is 45.2 Å². The summed E-state index contributed by atoms with van der Waals surface area (Å²) in [6, 6.07) is 2.37. The van der Waals surface area contributed by atoms with Crippen LogP contribution in [0.4, 0.5) is 0 Å². The number of hydrogen-bond donors (Lipinski definition) is 1. The molecule has 0 spiro atoms. The van der Waals surface area contributed by atoms with E-state index in [4.69, 9.17) is 4.74 Å². The first-order chi connectivity index (χ1) is 8.81. The largest absolute Gasteiger partial charge is 0.376 e. The van der Waals surface area contributed by atoms with Crippen molar-refractivity contribution >= 4 is 0 Å². The van der Waals surface area contributed by atoms with Crippen molar-refractivity contribution in [1.82, 2.24) is 15.1 Å². The lowest BCUT2D eigenvalue weighted by Crippen LogP contribution is -2.35. The van der Waals surface area contributed by atoms with Crippen LogP contribution < -0.4 is 5.32 Å². The summed E-state index contributed by atoms with van der Waals surface area (Å²) in [6.45, 7) is 6.01. The number of nitrogens with zero attached hydrogens (tertiary/aromatic N) is 2. The number of nitrogens with one attached hydrogen (secondary N) is 1. The number of ether oxygens (including phenoxy) is 1. The van der Waals surface area contributed by atoms with Gasteiger partial charge in [-0.1, -0.05) is 6.92 Å². The highest BCUT2D eigenvalue weighted by Gasteiger charge is 2.38.